The van der Waals surface area contributed by atoms with E-state index in [0.29, 0.717) is 18.2 Å². The van der Waals surface area contributed by atoms with Gasteiger partial charge in [0, 0.05) is 19.3 Å². The third-order valence-electron chi connectivity index (χ3n) is 4.11. The monoisotopic (exact) mass is 415 g/mol. The van der Waals surface area contributed by atoms with Crippen molar-refractivity contribution in [2.75, 3.05) is 7.05 Å². The van der Waals surface area contributed by atoms with Crippen LogP contribution in [0.4, 0.5) is 13.2 Å². The molecule has 7 nitrogen and oxygen atoms in total. The highest BCUT2D eigenvalue weighted by Crippen LogP contribution is 2.34. The Morgan fingerprint density at radius 1 is 1.21 bits per heavy atom. The lowest BCUT2D eigenvalue weighted by Crippen LogP contribution is -2.31. The van der Waals surface area contributed by atoms with Gasteiger partial charge in [-0.3, -0.25) is 4.98 Å². The molecule has 0 bridgehead atoms. The summed E-state index contributed by atoms with van der Waals surface area (Å²) >= 11 is 0. The number of aromatic nitrogens is 2. The van der Waals surface area contributed by atoms with Crippen molar-refractivity contribution < 1.29 is 30.5 Å². The van der Waals surface area contributed by atoms with Gasteiger partial charge in [0.05, 0.1) is 11.7 Å². The lowest BCUT2D eigenvalue weighted by atomic mass is 10.1. The van der Waals surface area contributed by atoms with Crippen molar-refractivity contribution in [1.29, 1.82) is 0 Å². The van der Waals surface area contributed by atoms with E-state index in [1.165, 1.54) is 13.1 Å². The molecule has 28 heavy (non-hydrogen) atoms. The third-order valence-corrected chi connectivity index (χ3v) is 5.85. The van der Waals surface area contributed by atoms with Gasteiger partial charge in [0.25, 0.3) is 10.0 Å². The van der Waals surface area contributed by atoms with Crippen LogP contribution in [0.2, 0.25) is 0 Å². The maximum Gasteiger partial charge on any atom is 0.452 e. The zero-order valence-electron chi connectivity index (χ0n) is 14.8. The summed E-state index contributed by atoms with van der Waals surface area (Å²) in [4.78, 5) is 4.19. The first-order valence-electron chi connectivity index (χ1n) is 8.17. The molecule has 0 saturated heterocycles. The molecule has 1 atom stereocenters. The molecule has 0 fully saturated rings. The van der Waals surface area contributed by atoms with E-state index < -0.39 is 33.1 Å². The quantitative estimate of drug-likeness (QED) is 0.602. The molecule has 0 spiro atoms. The summed E-state index contributed by atoms with van der Waals surface area (Å²) in [5.74, 6) is -1.46. The third kappa shape index (κ3) is 3.80. The molecule has 0 aromatic carbocycles. The molecule has 3 rings (SSSR count). The van der Waals surface area contributed by atoms with Crippen LogP contribution in [0.1, 0.15) is 30.8 Å². The van der Waals surface area contributed by atoms with Gasteiger partial charge in [-0.05, 0) is 30.7 Å². The van der Waals surface area contributed by atoms with E-state index in [1.807, 2.05) is 6.92 Å². The maximum absolute atomic E-state index is 12.9. The summed E-state index contributed by atoms with van der Waals surface area (Å²) in [7, 11) is -2.67. The second kappa shape index (κ2) is 7.40. The number of nitrogens with zero attached hydrogens (tertiary/aromatic N) is 3. The smallest absolute Gasteiger partial charge is 0.441 e. The van der Waals surface area contributed by atoms with Crippen molar-refractivity contribution in [3.63, 3.8) is 0 Å². The Labute approximate surface area is 158 Å². The van der Waals surface area contributed by atoms with Gasteiger partial charge in [0.1, 0.15) is 5.69 Å². The molecule has 0 aliphatic rings. The zero-order valence-corrected chi connectivity index (χ0v) is 15.7. The lowest BCUT2D eigenvalue weighted by molar-refractivity contribution is -0.155. The number of hydrogen-bond acceptors (Lipinski definition) is 6. The van der Waals surface area contributed by atoms with Crippen LogP contribution < -0.4 is 0 Å². The summed E-state index contributed by atoms with van der Waals surface area (Å²) < 4.78 is 74.3. The first kappa shape index (κ1) is 20.1. The Hall–Kier alpha value is -2.66. The van der Waals surface area contributed by atoms with E-state index >= 15 is 0 Å². The molecule has 150 valence electrons. The predicted octanol–water partition coefficient (Wildman–Crippen LogP) is 4.12. The molecule has 3 heterocycles. The fourth-order valence-electron chi connectivity index (χ4n) is 2.66. The fourth-order valence-corrected chi connectivity index (χ4v) is 3.97. The molecule has 0 radical (unpaired) electrons. The van der Waals surface area contributed by atoms with Gasteiger partial charge in [0.15, 0.2) is 5.76 Å². The van der Waals surface area contributed by atoms with E-state index in [4.69, 9.17) is 4.42 Å². The summed E-state index contributed by atoms with van der Waals surface area (Å²) in [6, 6.07) is 7.66. The second-order valence-corrected chi connectivity index (χ2v) is 7.82. The van der Waals surface area contributed by atoms with E-state index in [1.54, 1.807) is 24.4 Å². The molecular formula is C17H16F3N3O4S. The molecule has 11 heteroatoms. The summed E-state index contributed by atoms with van der Waals surface area (Å²) in [6.07, 6.45) is -2.69. The van der Waals surface area contributed by atoms with E-state index in [2.05, 4.69) is 14.7 Å². The maximum atomic E-state index is 12.9. The largest absolute Gasteiger partial charge is 0.452 e. The predicted molar refractivity (Wildman–Crippen MR) is 91.4 cm³/mol. The van der Waals surface area contributed by atoms with Gasteiger partial charge in [-0.2, -0.15) is 17.5 Å². The lowest BCUT2D eigenvalue weighted by Gasteiger charge is -2.25. The Bertz CT molecular complexity index is 1050. The van der Waals surface area contributed by atoms with Crippen LogP contribution in [-0.4, -0.2) is 29.9 Å². The fraction of sp³-hybridized carbons (Fsp3) is 0.294. The number of alkyl halides is 3. The van der Waals surface area contributed by atoms with E-state index in [-0.39, 0.29) is 11.5 Å². The van der Waals surface area contributed by atoms with Crippen LogP contribution in [0.25, 0.3) is 11.5 Å². The van der Waals surface area contributed by atoms with Crippen molar-refractivity contribution in [2.45, 2.75) is 30.7 Å². The van der Waals surface area contributed by atoms with Crippen LogP contribution in [0.3, 0.4) is 0 Å². The van der Waals surface area contributed by atoms with Gasteiger partial charge in [-0.25, -0.2) is 8.42 Å². The Balaban J connectivity index is 1.90. The topological polar surface area (TPSA) is 89.4 Å². The normalized spacial score (nSPS) is 13.8. The second-order valence-electron chi connectivity index (χ2n) is 5.89. The van der Waals surface area contributed by atoms with Gasteiger partial charge >= 0.3 is 6.18 Å². The number of sulfonamides is 1. The Kier molecular flexibility index (Phi) is 5.31. The van der Waals surface area contributed by atoms with Crippen molar-refractivity contribution in [1.82, 2.24) is 14.4 Å². The SMILES string of the molecule is CCC(c1ccccn1)N(C)S(=O)(=O)c1ccc(-c2cc(C(F)(F)F)on2)o1. The number of halogens is 3. The van der Waals surface area contributed by atoms with Gasteiger partial charge in [-0.1, -0.05) is 18.1 Å². The molecule has 0 aliphatic heterocycles. The van der Waals surface area contributed by atoms with Crippen molar-refractivity contribution in [2.24, 2.45) is 0 Å². The highest BCUT2D eigenvalue weighted by atomic mass is 32.2. The molecule has 0 aliphatic carbocycles. The minimum absolute atomic E-state index is 0.155. The zero-order chi connectivity index (χ0) is 20.5. The first-order valence-corrected chi connectivity index (χ1v) is 9.61. The van der Waals surface area contributed by atoms with E-state index in [0.717, 1.165) is 10.4 Å². The summed E-state index contributed by atoms with van der Waals surface area (Å²) in [5.41, 5.74) is 0.308. The highest BCUT2D eigenvalue weighted by molar-refractivity contribution is 7.89. The summed E-state index contributed by atoms with van der Waals surface area (Å²) in [6.45, 7) is 1.81. The minimum Gasteiger partial charge on any atom is -0.441 e. The van der Waals surface area contributed by atoms with Crippen LogP contribution >= 0.6 is 0 Å². The van der Waals surface area contributed by atoms with Crippen LogP contribution in [0.15, 0.2) is 56.6 Å². The van der Waals surface area contributed by atoms with Crippen LogP contribution in [-0.2, 0) is 16.2 Å². The number of pyridine rings is 1. The Morgan fingerprint density at radius 3 is 2.54 bits per heavy atom. The first-order chi connectivity index (χ1) is 13.1. The molecule has 0 amide bonds. The average molecular weight is 415 g/mol. The number of hydrogen-bond donors (Lipinski definition) is 0. The van der Waals surface area contributed by atoms with Crippen molar-refractivity contribution in [3.05, 3.63) is 54.0 Å². The minimum atomic E-state index is -4.70. The van der Waals surface area contributed by atoms with E-state index in [9.17, 15) is 21.6 Å². The molecule has 0 saturated carbocycles. The molecule has 1 unspecified atom stereocenters. The average Bonchev–Trinajstić information content (AvgIpc) is 3.32. The highest BCUT2D eigenvalue weighted by Gasteiger charge is 2.37. The molecular weight excluding hydrogens is 399 g/mol. The molecule has 0 N–H and O–H groups in total. The molecule has 3 aromatic heterocycles. The van der Waals surface area contributed by atoms with Gasteiger partial charge in [-0.15, -0.1) is 0 Å². The van der Waals surface area contributed by atoms with Crippen LogP contribution in [0, 0.1) is 0 Å². The van der Waals surface area contributed by atoms with Crippen LogP contribution in [0.5, 0.6) is 0 Å². The standard InChI is InChI=1S/C17H16F3N3O4S/c1-3-13(11-6-4-5-9-21-11)23(2)28(24,25)16-8-7-14(26-16)12-10-15(27-22-12)17(18,19)20/h4-10,13H,3H2,1-2H3. The van der Waals surface area contributed by atoms with Gasteiger partial charge in [0.2, 0.25) is 10.9 Å². The van der Waals surface area contributed by atoms with Gasteiger partial charge < -0.3 is 8.94 Å². The molecule has 3 aromatic rings. The van der Waals surface area contributed by atoms with Crippen molar-refractivity contribution >= 4 is 10.0 Å². The van der Waals surface area contributed by atoms with Crippen molar-refractivity contribution in [3.8, 4) is 11.5 Å². The summed E-state index contributed by atoms with van der Waals surface area (Å²) in [5, 5.41) is 2.86. The number of rotatable bonds is 6. The number of furan rings is 1. The Morgan fingerprint density at radius 2 is 1.96 bits per heavy atom.